The Morgan fingerprint density at radius 1 is 0.962 bits per heavy atom. The van der Waals surface area contributed by atoms with Crippen LogP contribution in [0.4, 0.5) is 5.69 Å². The number of aromatic nitrogens is 3. The van der Waals surface area contributed by atoms with E-state index in [0.29, 0.717) is 5.92 Å². The van der Waals surface area contributed by atoms with Gasteiger partial charge in [0, 0.05) is 29.8 Å². The Hall–Kier alpha value is -3.14. The van der Waals surface area contributed by atoms with Crippen molar-refractivity contribution in [1.29, 1.82) is 0 Å². The summed E-state index contributed by atoms with van der Waals surface area (Å²) in [6, 6.07) is 21.0. The lowest BCUT2D eigenvalue weighted by atomic mass is 10.1. The third-order valence-corrected chi connectivity index (χ3v) is 4.97. The first kappa shape index (κ1) is 15.1. The van der Waals surface area contributed by atoms with E-state index in [4.69, 9.17) is 4.98 Å². The lowest BCUT2D eigenvalue weighted by molar-refractivity contribution is 0.658. The minimum absolute atomic E-state index is 0.289. The second kappa shape index (κ2) is 6.30. The van der Waals surface area contributed by atoms with Crippen LogP contribution >= 0.6 is 0 Å². The average Bonchev–Trinajstić information content (AvgIpc) is 3.45. The molecule has 1 aliphatic carbocycles. The normalized spacial score (nSPS) is 15.1. The first-order valence-corrected chi connectivity index (χ1v) is 9.08. The maximum Gasteiger partial charge on any atom is 0.137 e. The third-order valence-electron chi connectivity index (χ3n) is 4.97. The first-order valence-electron chi connectivity index (χ1n) is 9.08. The number of nitrogens with zero attached hydrogens (tertiary/aromatic N) is 3. The van der Waals surface area contributed by atoms with Gasteiger partial charge in [-0.15, -0.1) is 0 Å². The van der Waals surface area contributed by atoms with Crippen molar-refractivity contribution in [2.75, 3.05) is 5.32 Å². The summed E-state index contributed by atoms with van der Waals surface area (Å²) in [7, 11) is 0. The quantitative estimate of drug-likeness (QED) is 0.558. The molecule has 1 saturated carbocycles. The molecule has 3 aromatic heterocycles. The number of hydrogen-bond donors (Lipinski definition) is 1. The van der Waals surface area contributed by atoms with Gasteiger partial charge in [-0.25, -0.2) is 4.98 Å². The van der Waals surface area contributed by atoms with Crippen LogP contribution in [0.2, 0.25) is 0 Å². The van der Waals surface area contributed by atoms with Crippen LogP contribution < -0.4 is 5.32 Å². The smallest absolute Gasteiger partial charge is 0.137 e. The lowest BCUT2D eigenvalue weighted by Crippen LogP contribution is -2.14. The maximum atomic E-state index is 4.69. The van der Waals surface area contributed by atoms with Gasteiger partial charge in [0.05, 0.1) is 17.4 Å². The molecule has 1 aromatic carbocycles. The number of imidazole rings is 1. The molecule has 0 amide bonds. The Bertz CT molecular complexity index is 984. The van der Waals surface area contributed by atoms with E-state index >= 15 is 0 Å². The molecule has 0 radical (unpaired) electrons. The molecule has 1 atom stereocenters. The molecule has 0 bridgehead atoms. The third kappa shape index (κ3) is 2.94. The average molecular weight is 340 g/mol. The first-order chi connectivity index (χ1) is 12.9. The van der Waals surface area contributed by atoms with Crippen molar-refractivity contribution in [1.82, 2.24) is 14.4 Å². The van der Waals surface area contributed by atoms with Gasteiger partial charge in [-0.3, -0.25) is 4.98 Å². The zero-order valence-electron chi connectivity index (χ0n) is 14.4. The van der Waals surface area contributed by atoms with Gasteiger partial charge < -0.3 is 9.72 Å². The predicted octanol–water partition coefficient (Wildman–Crippen LogP) is 4.96. The van der Waals surface area contributed by atoms with Gasteiger partial charge in [0.2, 0.25) is 0 Å². The molecule has 1 fully saturated rings. The van der Waals surface area contributed by atoms with E-state index in [-0.39, 0.29) is 6.04 Å². The van der Waals surface area contributed by atoms with Gasteiger partial charge in [0.1, 0.15) is 5.65 Å². The van der Waals surface area contributed by atoms with Crippen LogP contribution in [0.3, 0.4) is 0 Å². The summed E-state index contributed by atoms with van der Waals surface area (Å²) in [5.74, 6) is 0.683. The Morgan fingerprint density at radius 3 is 2.54 bits per heavy atom. The molecule has 0 aliphatic heterocycles. The standard InChI is InChI=1S/C22H20N4/c1-3-13-23-19(5-1)22(17-7-8-17)24-18-11-9-16(10-12-18)20-15-26-14-4-2-6-21(26)25-20/h1-6,9-15,17,22,24H,7-8H2. The molecule has 4 heteroatoms. The SMILES string of the molecule is c1ccc(C(Nc2ccc(-c3cn4ccccc4n3)cc2)C2CC2)nc1. The van der Waals surface area contributed by atoms with E-state index in [1.165, 1.54) is 12.8 Å². The molecule has 128 valence electrons. The van der Waals surface area contributed by atoms with Crippen LogP contribution in [0.1, 0.15) is 24.6 Å². The molecule has 26 heavy (non-hydrogen) atoms. The van der Waals surface area contributed by atoms with Crippen LogP contribution in [0.5, 0.6) is 0 Å². The second-order valence-corrected chi connectivity index (χ2v) is 6.88. The van der Waals surface area contributed by atoms with E-state index in [2.05, 4.69) is 52.9 Å². The van der Waals surface area contributed by atoms with E-state index < -0.39 is 0 Å². The van der Waals surface area contributed by atoms with Crippen molar-refractivity contribution in [3.05, 3.63) is 84.9 Å². The van der Waals surface area contributed by atoms with E-state index in [0.717, 1.165) is 28.3 Å². The molecule has 5 rings (SSSR count). The largest absolute Gasteiger partial charge is 0.376 e. The van der Waals surface area contributed by atoms with E-state index in [1.54, 1.807) is 0 Å². The Morgan fingerprint density at radius 2 is 1.81 bits per heavy atom. The zero-order chi connectivity index (χ0) is 17.3. The van der Waals surface area contributed by atoms with Gasteiger partial charge in [-0.1, -0.05) is 24.3 Å². The monoisotopic (exact) mass is 340 g/mol. The Labute approximate surface area is 152 Å². The molecule has 1 N–H and O–H groups in total. The van der Waals surface area contributed by atoms with Crippen LogP contribution in [0.25, 0.3) is 16.9 Å². The topological polar surface area (TPSA) is 42.2 Å². The molecule has 1 aliphatic rings. The summed E-state index contributed by atoms with van der Waals surface area (Å²) in [5.41, 5.74) is 5.33. The summed E-state index contributed by atoms with van der Waals surface area (Å²) in [6.45, 7) is 0. The van der Waals surface area contributed by atoms with Gasteiger partial charge in [0.15, 0.2) is 0 Å². The van der Waals surface area contributed by atoms with Crippen LogP contribution in [-0.2, 0) is 0 Å². The second-order valence-electron chi connectivity index (χ2n) is 6.88. The highest BCUT2D eigenvalue weighted by Crippen LogP contribution is 2.42. The Balaban J connectivity index is 1.39. The number of pyridine rings is 2. The van der Waals surface area contributed by atoms with Crippen LogP contribution in [0, 0.1) is 5.92 Å². The minimum atomic E-state index is 0.289. The van der Waals surface area contributed by atoms with Gasteiger partial charge in [0.25, 0.3) is 0 Å². The predicted molar refractivity (Wildman–Crippen MR) is 104 cm³/mol. The fourth-order valence-electron chi connectivity index (χ4n) is 3.41. The van der Waals surface area contributed by atoms with Crippen molar-refractivity contribution in [2.24, 2.45) is 5.92 Å². The molecule has 0 saturated heterocycles. The molecular weight excluding hydrogens is 320 g/mol. The number of rotatable bonds is 5. The lowest BCUT2D eigenvalue weighted by Gasteiger charge is -2.19. The van der Waals surface area contributed by atoms with Crippen molar-refractivity contribution < 1.29 is 0 Å². The summed E-state index contributed by atoms with van der Waals surface area (Å²) >= 11 is 0. The highest BCUT2D eigenvalue weighted by Gasteiger charge is 2.33. The van der Waals surface area contributed by atoms with Crippen LogP contribution in [0.15, 0.2) is 79.3 Å². The van der Waals surface area contributed by atoms with Crippen LogP contribution in [-0.4, -0.2) is 14.4 Å². The highest BCUT2D eigenvalue weighted by atomic mass is 15.0. The molecule has 4 nitrogen and oxygen atoms in total. The fourth-order valence-corrected chi connectivity index (χ4v) is 3.41. The molecular formula is C22H20N4. The van der Waals surface area contributed by atoms with Crippen molar-refractivity contribution in [3.8, 4) is 11.3 Å². The number of anilines is 1. The number of nitrogens with one attached hydrogen (secondary N) is 1. The van der Waals surface area contributed by atoms with Crippen molar-refractivity contribution in [3.63, 3.8) is 0 Å². The van der Waals surface area contributed by atoms with E-state index in [9.17, 15) is 0 Å². The molecule has 1 unspecified atom stereocenters. The maximum absolute atomic E-state index is 4.69. The number of hydrogen-bond acceptors (Lipinski definition) is 3. The summed E-state index contributed by atoms with van der Waals surface area (Å²) < 4.78 is 2.05. The van der Waals surface area contributed by atoms with Gasteiger partial charge in [-0.2, -0.15) is 0 Å². The summed E-state index contributed by atoms with van der Waals surface area (Å²) in [6.07, 6.45) is 8.51. The molecule has 3 heterocycles. The van der Waals surface area contributed by atoms with Gasteiger partial charge >= 0.3 is 0 Å². The highest BCUT2D eigenvalue weighted by molar-refractivity contribution is 5.65. The summed E-state index contributed by atoms with van der Waals surface area (Å²) in [5, 5.41) is 3.67. The fraction of sp³-hybridized carbons (Fsp3) is 0.182. The number of benzene rings is 1. The zero-order valence-corrected chi connectivity index (χ0v) is 14.4. The Kier molecular flexibility index (Phi) is 3.67. The van der Waals surface area contributed by atoms with Crippen molar-refractivity contribution in [2.45, 2.75) is 18.9 Å². The number of fused-ring (bicyclic) bond motifs is 1. The minimum Gasteiger partial charge on any atom is -0.376 e. The molecule has 4 aromatic rings. The van der Waals surface area contributed by atoms with Gasteiger partial charge in [-0.05, 0) is 55.2 Å². The van der Waals surface area contributed by atoms with E-state index in [1.807, 2.05) is 41.1 Å². The molecule has 0 spiro atoms. The van der Waals surface area contributed by atoms with Crippen molar-refractivity contribution >= 4 is 11.3 Å². The summed E-state index contributed by atoms with van der Waals surface area (Å²) in [4.78, 5) is 9.24.